The molecule has 0 aromatic rings. The molecule has 0 saturated carbocycles. The van der Waals surface area contributed by atoms with Crippen LogP contribution in [-0.2, 0) is 10.2 Å². The van der Waals surface area contributed by atoms with Crippen LogP contribution in [0.3, 0.4) is 0 Å². The van der Waals surface area contributed by atoms with Gasteiger partial charge in [-0.3, -0.25) is 0 Å². The first kappa shape index (κ1) is 17.2. The molecule has 19 heavy (non-hydrogen) atoms. The van der Waals surface area contributed by atoms with Gasteiger partial charge < -0.3 is 5.32 Å². The van der Waals surface area contributed by atoms with E-state index in [9.17, 15) is 8.42 Å². The van der Waals surface area contributed by atoms with Gasteiger partial charge in [0.25, 0.3) is 10.2 Å². The molecule has 0 amide bonds. The summed E-state index contributed by atoms with van der Waals surface area (Å²) in [4.78, 5) is 0. The highest BCUT2D eigenvalue weighted by Gasteiger charge is 2.35. The molecule has 2 aliphatic rings. The van der Waals surface area contributed by atoms with Crippen LogP contribution in [0, 0.1) is 0 Å². The fourth-order valence-electron chi connectivity index (χ4n) is 2.81. The van der Waals surface area contributed by atoms with Crippen molar-refractivity contribution in [3.8, 4) is 0 Å². The smallest absolute Gasteiger partial charge is 0.281 e. The molecule has 0 aromatic carbocycles. The van der Waals surface area contributed by atoms with Gasteiger partial charge in [0.15, 0.2) is 0 Å². The summed E-state index contributed by atoms with van der Waals surface area (Å²) >= 11 is 0. The highest BCUT2D eigenvalue weighted by molar-refractivity contribution is 7.86. The average Bonchev–Trinajstić information content (AvgIpc) is 2.65. The molecule has 2 rings (SSSR count). The highest BCUT2D eigenvalue weighted by Crippen LogP contribution is 2.22. The van der Waals surface area contributed by atoms with Gasteiger partial charge in [-0.15, -0.1) is 12.4 Å². The Bertz CT molecular complexity index is 377. The summed E-state index contributed by atoms with van der Waals surface area (Å²) in [6.07, 6.45) is 5.19. The Morgan fingerprint density at radius 1 is 1.26 bits per heavy atom. The molecule has 0 radical (unpaired) electrons. The number of hydrogen-bond acceptors (Lipinski definition) is 3. The van der Waals surface area contributed by atoms with Crippen LogP contribution in [0.25, 0.3) is 0 Å². The molecule has 2 aliphatic heterocycles. The monoisotopic (exact) mass is 311 g/mol. The summed E-state index contributed by atoms with van der Waals surface area (Å²) in [6.45, 7) is 3.99. The van der Waals surface area contributed by atoms with Crippen LogP contribution in [0.4, 0.5) is 0 Å². The average molecular weight is 312 g/mol. The van der Waals surface area contributed by atoms with Crippen molar-refractivity contribution in [1.82, 2.24) is 13.9 Å². The first-order chi connectivity index (χ1) is 8.54. The third-order valence-corrected chi connectivity index (χ3v) is 5.99. The number of hydrogen-bond donors (Lipinski definition) is 1. The molecule has 2 fully saturated rings. The highest BCUT2D eigenvalue weighted by atomic mass is 35.5. The number of rotatable bonds is 5. The minimum Gasteiger partial charge on any atom is -0.310 e. The summed E-state index contributed by atoms with van der Waals surface area (Å²) in [5.41, 5.74) is 0. The fraction of sp³-hybridized carbons (Fsp3) is 1.00. The van der Waals surface area contributed by atoms with E-state index in [0.29, 0.717) is 31.7 Å². The molecule has 2 bridgehead atoms. The van der Waals surface area contributed by atoms with Crippen LogP contribution in [0.1, 0.15) is 39.0 Å². The third kappa shape index (κ3) is 4.04. The largest absolute Gasteiger partial charge is 0.310 e. The predicted molar refractivity (Wildman–Crippen MR) is 79.8 cm³/mol. The summed E-state index contributed by atoms with van der Waals surface area (Å²) in [6, 6.07) is 0.878. The van der Waals surface area contributed by atoms with Crippen molar-refractivity contribution in [3.05, 3.63) is 0 Å². The van der Waals surface area contributed by atoms with Crippen molar-refractivity contribution in [3.63, 3.8) is 0 Å². The first-order valence-electron chi connectivity index (χ1n) is 7.01. The van der Waals surface area contributed by atoms with Gasteiger partial charge in [0, 0.05) is 38.8 Å². The maximum Gasteiger partial charge on any atom is 0.281 e. The van der Waals surface area contributed by atoms with Gasteiger partial charge in [-0.25, -0.2) is 0 Å². The van der Waals surface area contributed by atoms with Gasteiger partial charge >= 0.3 is 0 Å². The molecule has 0 aliphatic carbocycles. The standard InChI is InChI=1S/C12H25N3O2S.ClH/c1-3-4-8-14(2)18(16,17)15-9-7-11-5-6-12(10-15)13-11;/h11-13H,3-10H2,1-2H3;1H. The molecule has 2 unspecified atom stereocenters. The Kier molecular flexibility index (Phi) is 6.53. The molecule has 114 valence electrons. The van der Waals surface area contributed by atoms with E-state index >= 15 is 0 Å². The van der Waals surface area contributed by atoms with Crippen molar-refractivity contribution >= 4 is 22.6 Å². The molecule has 0 spiro atoms. The van der Waals surface area contributed by atoms with Gasteiger partial charge in [-0.05, 0) is 25.7 Å². The summed E-state index contributed by atoms with van der Waals surface area (Å²) in [5.74, 6) is 0. The number of unbranched alkanes of at least 4 members (excludes halogenated alkanes) is 1. The van der Waals surface area contributed by atoms with Gasteiger partial charge in [-0.1, -0.05) is 13.3 Å². The minimum absolute atomic E-state index is 0. The molecule has 7 heteroatoms. The Hall–Kier alpha value is 0.120. The van der Waals surface area contributed by atoms with Crippen LogP contribution in [0.2, 0.25) is 0 Å². The van der Waals surface area contributed by atoms with Crippen molar-refractivity contribution in [2.45, 2.75) is 51.1 Å². The second kappa shape index (κ2) is 7.22. The van der Waals surface area contributed by atoms with Gasteiger partial charge in [0.05, 0.1) is 0 Å². The predicted octanol–water partition coefficient (Wildman–Crippen LogP) is 1.21. The molecule has 2 atom stereocenters. The lowest BCUT2D eigenvalue weighted by Gasteiger charge is -2.28. The van der Waals surface area contributed by atoms with E-state index < -0.39 is 10.2 Å². The summed E-state index contributed by atoms with van der Waals surface area (Å²) in [7, 11) is -1.56. The second-order valence-electron chi connectivity index (χ2n) is 5.47. The Labute approximate surface area is 123 Å². The Morgan fingerprint density at radius 2 is 1.95 bits per heavy atom. The SMILES string of the molecule is CCCCN(C)S(=O)(=O)N1CCC2CCC(C1)N2.Cl. The molecule has 0 aromatic heterocycles. The van der Waals surface area contributed by atoms with Crippen molar-refractivity contribution in [1.29, 1.82) is 0 Å². The maximum atomic E-state index is 12.4. The molecule has 5 nitrogen and oxygen atoms in total. The first-order valence-corrected chi connectivity index (χ1v) is 8.41. The van der Waals surface area contributed by atoms with E-state index in [-0.39, 0.29) is 12.4 Å². The summed E-state index contributed by atoms with van der Waals surface area (Å²) in [5, 5.41) is 3.51. The zero-order valence-electron chi connectivity index (χ0n) is 11.8. The Morgan fingerprint density at radius 3 is 2.63 bits per heavy atom. The molecule has 2 heterocycles. The number of nitrogens with one attached hydrogen (secondary N) is 1. The van der Waals surface area contributed by atoms with Crippen molar-refractivity contribution in [2.24, 2.45) is 0 Å². The van der Waals surface area contributed by atoms with Crippen LogP contribution in [-0.4, -0.2) is 55.8 Å². The normalized spacial score (nSPS) is 28.2. The zero-order chi connectivity index (χ0) is 13.2. The molecular weight excluding hydrogens is 286 g/mol. The van der Waals surface area contributed by atoms with Crippen molar-refractivity contribution in [2.75, 3.05) is 26.7 Å². The topological polar surface area (TPSA) is 52.7 Å². The second-order valence-corrected chi connectivity index (χ2v) is 7.50. The zero-order valence-corrected chi connectivity index (χ0v) is 13.5. The van der Waals surface area contributed by atoms with E-state index in [2.05, 4.69) is 12.2 Å². The van der Waals surface area contributed by atoms with E-state index in [4.69, 9.17) is 0 Å². The molecule has 2 saturated heterocycles. The molecular formula is C12H26ClN3O2S. The van der Waals surface area contributed by atoms with Crippen LogP contribution in [0.5, 0.6) is 0 Å². The van der Waals surface area contributed by atoms with E-state index in [1.807, 2.05) is 0 Å². The number of nitrogens with zero attached hydrogens (tertiary/aromatic N) is 2. The van der Waals surface area contributed by atoms with Gasteiger partial charge in [0.2, 0.25) is 0 Å². The lowest BCUT2D eigenvalue weighted by atomic mass is 10.1. The fourth-order valence-corrected chi connectivity index (χ4v) is 4.27. The summed E-state index contributed by atoms with van der Waals surface area (Å²) < 4.78 is 28.1. The van der Waals surface area contributed by atoms with Gasteiger partial charge in [-0.2, -0.15) is 17.0 Å². The molecule has 1 N–H and O–H groups in total. The van der Waals surface area contributed by atoms with Gasteiger partial charge in [0.1, 0.15) is 0 Å². The number of fused-ring (bicyclic) bond motifs is 2. The number of halogens is 1. The van der Waals surface area contributed by atoms with Crippen LogP contribution < -0.4 is 5.32 Å². The van der Waals surface area contributed by atoms with Crippen molar-refractivity contribution < 1.29 is 8.42 Å². The lowest BCUT2D eigenvalue weighted by Crippen LogP contribution is -2.46. The maximum absolute atomic E-state index is 12.4. The Balaban J connectivity index is 0.00000180. The van der Waals surface area contributed by atoms with Crippen LogP contribution in [0.15, 0.2) is 0 Å². The minimum atomic E-state index is -3.25. The van der Waals surface area contributed by atoms with Crippen LogP contribution >= 0.6 is 12.4 Å². The lowest BCUT2D eigenvalue weighted by molar-refractivity contribution is 0.340. The van der Waals surface area contributed by atoms with E-state index in [0.717, 1.165) is 25.7 Å². The van der Waals surface area contributed by atoms with E-state index in [1.165, 1.54) is 10.7 Å². The third-order valence-electron chi connectivity index (χ3n) is 4.03. The quantitative estimate of drug-likeness (QED) is 0.830. The van der Waals surface area contributed by atoms with E-state index in [1.54, 1.807) is 11.4 Å².